The Kier molecular flexibility index (Phi) is 2.62. The van der Waals surface area contributed by atoms with Gasteiger partial charge in [-0.1, -0.05) is 0 Å². The Morgan fingerprint density at radius 2 is 1.87 bits per heavy atom. The summed E-state index contributed by atoms with van der Waals surface area (Å²) < 4.78 is 12.9. The summed E-state index contributed by atoms with van der Waals surface area (Å²) in [6.07, 6.45) is 0. The molecule has 0 amide bonds. The van der Waals surface area contributed by atoms with Gasteiger partial charge in [0.1, 0.15) is 5.82 Å². The largest absolute Gasteiger partial charge is 0.286 e. The van der Waals surface area contributed by atoms with E-state index < -0.39 is 0 Å². The highest BCUT2D eigenvalue weighted by atomic mass is 19.1. The SMILES string of the molecule is CC1=NCCN=C1c1ccc(F)cc1C. The quantitative estimate of drug-likeness (QED) is 0.671. The molecule has 0 radical (unpaired) electrons. The Labute approximate surface area is 88.6 Å². The number of hydrogen-bond donors (Lipinski definition) is 0. The number of hydrogen-bond acceptors (Lipinski definition) is 2. The van der Waals surface area contributed by atoms with Crippen molar-refractivity contribution < 1.29 is 4.39 Å². The zero-order valence-corrected chi connectivity index (χ0v) is 8.92. The molecule has 3 heteroatoms. The van der Waals surface area contributed by atoms with Crippen molar-refractivity contribution in [3.63, 3.8) is 0 Å². The zero-order chi connectivity index (χ0) is 10.8. The highest BCUT2D eigenvalue weighted by Gasteiger charge is 2.12. The van der Waals surface area contributed by atoms with Crippen LogP contribution in [0.3, 0.4) is 0 Å². The van der Waals surface area contributed by atoms with E-state index in [9.17, 15) is 4.39 Å². The van der Waals surface area contributed by atoms with Crippen molar-refractivity contribution in [1.82, 2.24) is 0 Å². The average Bonchev–Trinajstić information content (AvgIpc) is 2.20. The second-order valence-corrected chi connectivity index (χ2v) is 3.66. The lowest BCUT2D eigenvalue weighted by Crippen LogP contribution is -2.19. The minimum atomic E-state index is -0.206. The summed E-state index contributed by atoms with van der Waals surface area (Å²) in [6.45, 7) is 5.32. The van der Waals surface area contributed by atoms with Crippen LogP contribution in [-0.4, -0.2) is 24.5 Å². The molecule has 0 unspecified atom stereocenters. The van der Waals surface area contributed by atoms with Crippen LogP contribution in [0.2, 0.25) is 0 Å². The molecule has 78 valence electrons. The van der Waals surface area contributed by atoms with E-state index in [1.807, 2.05) is 13.8 Å². The molecule has 0 spiro atoms. The molecule has 0 fully saturated rings. The molecule has 0 bridgehead atoms. The number of benzene rings is 1. The first-order valence-corrected chi connectivity index (χ1v) is 5.01. The van der Waals surface area contributed by atoms with Gasteiger partial charge in [0.25, 0.3) is 0 Å². The van der Waals surface area contributed by atoms with E-state index >= 15 is 0 Å². The maximum absolute atomic E-state index is 12.9. The summed E-state index contributed by atoms with van der Waals surface area (Å²) in [5.41, 5.74) is 3.73. The molecule has 0 N–H and O–H groups in total. The van der Waals surface area contributed by atoms with E-state index in [4.69, 9.17) is 0 Å². The van der Waals surface area contributed by atoms with Gasteiger partial charge in [-0.3, -0.25) is 9.98 Å². The van der Waals surface area contributed by atoms with Gasteiger partial charge in [-0.2, -0.15) is 0 Å². The zero-order valence-electron chi connectivity index (χ0n) is 8.92. The summed E-state index contributed by atoms with van der Waals surface area (Å²) in [4.78, 5) is 8.78. The summed E-state index contributed by atoms with van der Waals surface area (Å²) >= 11 is 0. The third-order valence-electron chi connectivity index (χ3n) is 2.51. The molecule has 2 nitrogen and oxygen atoms in total. The Hall–Kier alpha value is -1.51. The first kappa shape index (κ1) is 10.0. The van der Waals surface area contributed by atoms with E-state index in [0.717, 1.165) is 35.6 Å². The molecular formula is C12H13FN2. The number of rotatable bonds is 1. The number of aryl methyl sites for hydroxylation is 1. The molecule has 1 aromatic carbocycles. The Morgan fingerprint density at radius 3 is 2.53 bits per heavy atom. The molecule has 1 heterocycles. The lowest BCUT2D eigenvalue weighted by molar-refractivity contribution is 0.626. The normalized spacial score (nSPS) is 15.9. The van der Waals surface area contributed by atoms with E-state index in [-0.39, 0.29) is 5.82 Å². The standard InChI is InChI=1S/C12H13FN2/c1-8-7-10(13)3-4-11(8)12-9(2)14-5-6-15-12/h3-4,7H,5-6H2,1-2H3. The number of aliphatic imine (C=N–C) groups is 2. The molecule has 1 aliphatic heterocycles. The lowest BCUT2D eigenvalue weighted by atomic mass is 10.0. The fourth-order valence-electron chi connectivity index (χ4n) is 1.74. The third kappa shape index (κ3) is 1.96. The summed E-state index contributed by atoms with van der Waals surface area (Å²) in [5, 5.41) is 0. The minimum absolute atomic E-state index is 0.206. The predicted octanol–water partition coefficient (Wildman–Crippen LogP) is 2.40. The average molecular weight is 204 g/mol. The van der Waals surface area contributed by atoms with Crippen molar-refractivity contribution in [3.05, 3.63) is 35.1 Å². The molecule has 0 saturated heterocycles. The Bertz CT molecular complexity index is 447. The van der Waals surface area contributed by atoms with E-state index in [1.165, 1.54) is 12.1 Å². The smallest absolute Gasteiger partial charge is 0.123 e. The number of halogens is 1. The summed E-state index contributed by atoms with van der Waals surface area (Å²) in [7, 11) is 0. The number of nitrogens with zero attached hydrogens (tertiary/aromatic N) is 2. The van der Waals surface area contributed by atoms with Gasteiger partial charge in [0.05, 0.1) is 24.5 Å². The van der Waals surface area contributed by atoms with Crippen molar-refractivity contribution in [3.8, 4) is 0 Å². The van der Waals surface area contributed by atoms with Crippen LogP contribution in [0.25, 0.3) is 0 Å². The highest BCUT2D eigenvalue weighted by molar-refractivity contribution is 6.48. The molecule has 0 aliphatic carbocycles. The maximum Gasteiger partial charge on any atom is 0.123 e. The molecular weight excluding hydrogens is 191 g/mol. The van der Waals surface area contributed by atoms with E-state index in [1.54, 1.807) is 6.07 Å². The molecule has 15 heavy (non-hydrogen) atoms. The molecule has 0 aromatic heterocycles. The van der Waals surface area contributed by atoms with E-state index in [0.29, 0.717) is 0 Å². The van der Waals surface area contributed by atoms with Crippen molar-refractivity contribution in [2.75, 3.05) is 13.1 Å². The van der Waals surface area contributed by atoms with Crippen LogP contribution in [0.4, 0.5) is 4.39 Å². The molecule has 2 rings (SSSR count). The van der Waals surface area contributed by atoms with Gasteiger partial charge in [-0.15, -0.1) is 0 Å². The summed E-state index contributed by atoms with van der Waals surface area (Å²) in [6, 6.07) is 4.76. The minimum Gasteiger partial charge on any atom is -0.286 e. The topological polar surface area (TPSA) is 24.7 Å². The lowest BCUT2D eigenvalue weighted by Gasteiger charge is -2.13. The van der Waals surface area contributed by atoms with Crippen LogP contribution in [0, 0.1) is 12.7 Å². The fraction of sp³-hybridized carbons (Fsp3) is 0.333. The highest BCUT2D eigenvalue weighted by Crippen LogP contribution is 2.13. The van der Waals surface area contributed by atoms with Crippen LogP contribution in [0.15, 0.2) is 28.2 Å². The molecule has 0 saturated carbocycles. The van der Waals surface area contributed by atoms with Crippen LogP contribution in [0.1, 0.15) is 18.1 Å². The molecule has 1 aliphatic rings. The van der Waals surface area contributed by atoms with Gasteiger partial charge in [0.2, 0.25) is 0 Å². The van der Waals surface area contributed by atoms with Crippen molar-refractivity contribution >= 4 is 11.4 Å². The Balaban J connectivity index is 2.46. The summed E-state index contributed by atoms with van der Waals surface area (Å²) in [5.74, 6) is -0.206. The van der Waals surface area contributed by atoms with Crippen molar-refractivity contribution in [1.29, 1.82) is 0 Å². The van der Waals surface area contributed by atoms with E-state index in [2.05, 4.69) is 9.98 Å². The molecule has 1 aromatic rings. The van der Waals surface area contributed by atoms with Gasteiger partial charge in [-0.25, -0.2) is 4.39 Å². The van der Waals surface area contributed by atoms with Gasteiger partial charge < -0.3 is 0 Å². The monoisotopic (exact) mass is 204 g/mol. The van der Waals surface area contributed by atoms with Gasteiger partial charge in [0, 0.05) is 5.56 Å². The third-order valence-corrected chi connectivity index (χ3v) is 2.51. The second-order valence-electron chi connectivity index (χ2n) is 3.66. The van der Waals surface area contributed by atoms with Crippen molar-refractivity contribution in [2.45, 2.75) is 13.8 Å². The maximum atomic E-state index is 12.9. The van der Waals surface area contributed by atoms with Gasteiger partial charge >= 0.3 is 0 Å². The fourth-order valence-corrected chi connectivity index (χ4v) is 1.74. The van der Waals surface area contributed by atoms with Crippen LogP contribution < -0.4 is 0 Å². The Morgan fingerprint density at radius 1 is 1.13 bits per heavy atom. The second kappa shape index (κ2) is 3.93. The van der Waals surface area contributed by atoms with Crippen LogP contribution >= 0.6 is 0 Å². The molecule has 0 atom stereocenters. The van der Waals surface area contributed by atoms with Crippen LogP contribution in [0.5, 0.6) is 0 Å². The first-order valence-electron chi connectivity index (χ1n) is 5.01. The van der Waals surface area contributed by atoms with Gasteiger partial charge in [-0.05, 0) is 37.6 Å². The predicted molar refractivity (Wildman–Crippen MR) is 60.5 cm³/mol. The van der Waals surface area contributed by atoms with Crippen LogP contribution in [-0.2, 0) is 0 Å². The first-order chi connectivity index (χ1) is 7.18. The van der Waals surface area contributed by atoms with Crippen molar-refractivity contribution in [2.24, 2.45) is 9.98 Å². The van der Waals surface area contributed by atoms with Gasteiger partial charge in [0.15, 0.2) is 0 Å².